The molecule has 0 aromatic rings. The third-order valence-electron chi connectivity index (χ3n) is 4.26. The third-order valence-corrected chi connectivity index (χ3v) is 6.20. The first-order valence-electron chi connectivity index (χ1n) is 4.89. The summed E-state index contributed by atoms with van der Waals surface area (Å²) in [5, 5.41) is 1.08. The first kappa shape index (κ1) is 6.82. The van der Waals surface area contributed by atoms with Crippen LogP contribution in [0.15, 0.2) is 0 Å². The zero-order valence-electron chi connectivity index (χ0n) is 7.34. The smallest absolute Gasteiger partial charge is 0.0287 e. The van der Waals surface area contributed by atoms with Crippen LogP contribution in [0.5, 0.6) is 0 Å². The van der Waals surface area contributed by atoms with Crippen molar-refractivity contribution < 1.29 is 0 Å². The molecule has 1 aliphatic heterocycles. The van der Waals surface area contributed by atoms with Gasteiger partial charge >= 0.3 is 0 Å². The summed E-state index contributed by atoms with van der Waals surface area (Å²) in [6, 6.07) is 0. The number of hydrogen-bond donors (Lipinski definition) is 0. The fourth-order valence-electron chi connectivity index (χ4n) is 3.67. The van der Waals surface area contributed by atoms with Crippen molar-refractivity contribution in [1.29, 1.82) is 0 Å². The Kier molecular flexibility index (Phi) is 1.12. The molecule has 0 aromatic heterocycles. The average Bonchev–Trinajstić information content (AvgIpc) is 2.64. The topological polar surface area (TPSA) is 0 Å². The van der Waals surface area contributed by atoms with Gasteiger partial charge in [-0.15, -0.1) is 11.8 Å². The molecule has 0 spiro atoms. The van der Waals surface area contributed by atoms with Crippen molar-refractivity contribution in [1.82, 2.24) is 0 Å². The monoisotopic (exact) mass is 168 g/mol. The molecule has 3 saturated carbocycles. The van der Waals surface area contributed by atoms with Gasteiger partial charge in [0.2, 0.25) is 0 Å². The minimum Gasteiger partial charge on any atom is -0.149 e. The van der Waals surface area contributed by atoms with E-state index in [9.17, 15) is 0 Å². The SMILES string of the molecule is CC1CC2CCC1C1(C)SC21. The maximum absolute atomic E-state index is 2.51. The van der Waals surface area contributed by atoms with Gasteiger partial charge in [0.05, 0.1) is 0 Å². The maximum atomic E-state index is 2.51. The van der Waals surface area contributed by atoms with Crippen molar-refractivity contribution >= 4 is 11.8 Å². The number of fused-ring (bicyclic) bond motifs is 2. The zero-order chi connectivity index (χ0) is 7.64. The quantitative estimate of drug-likeness (QED) is 0.501. The summed E-state index contributed by atoms with van der Waals surface area (Å²) in [5.41, 5.74) is 0. The Morgan fingerprint density at radius 3 is 2.73 bits per heavy atom. The van der Waals surface area contributed by atoms with Gasteiger partial charge < -0.3 is 0 Å². The minimum atomic E-state index is 0.751. The Morgan fingerprint density at radius 1 is 1.36 bits per heavy atom. The standard InChI is InChI=1S/C10H16S/c1-6-5-7-3-4-8(6)10(2)9(7)11-10/h6-9H,3-5H2,1-2H3. The molecule has 0 nitrogen and oxygen atoms in total. The molecular weight excluding hydrogens is 152 g/mol. The summed E-state index contributed by atoms with van der Waals surface area (Å²) in [6.07, 6.45) is 4.62. The molecular formula is C10H16S. The van der Waals surface area contributed by atoms with E-state index in [0.29, 0.717) is 0 Å². The summed E-state index contributed by atoms with van der Waals surface area (Å²) >= 11 is 2.28. The van der Waals surface area contributed by atoms with E-state index in [0.717, 1.165) is 27.8 Å². The van der Waals surface area contributed by atoms with Crippen molar-refractivity contribution in [3.8, 4) is 0 Å². The molecule has 5 atom stereocenters. The van der Waals surface area contributed by atoms with Crippen LogP contribution in [0, 0.1) is 17.8 Å². The Balaban J connectivity index is 1.97. The highest BCUT2D eigenvalue weighted by Crippen LogP contribution is 2.71. The highest BCUT2D eigenvalue weighted by molar-refractivity contribution is 8.08. The molecule has 62 valence electrons. The molecule has 5 unspecified atom stereocenters. The second-order valence-electron chi connectivity index (χ2n) is 4.88. The van der Waals surface area contributed by atoms with E-state index in [1.54, 1.807) is 6.42 Å². The minimum absolute atomic E-state index is 0.751. The van der Waals surface area contributed by atoms with E-state index < -0.39 is 0 Å². The molecule has 2 bridgehead atoms. The van der Waals surface area contributed by atoms with Gasteiger partial charge in [-0.2, -0.15) is 0 Å². The van der Waals surface area contributed by atoms with Gasteiger partial charge in [0.15, 0.2) is 0 Å². The molecule has 4 fully saturated rings. The van der Waals surface area contributed by atoms with Gasteiger partial charge in [0, 0.05) is 10.00 Å². The molecule has 3 aliphatic carbocycles. The average molecular weight is 168 g/mol. The second-order valence-corrected chi connectivity index (χ2v) is 6.50. The van der Waals surface area contributed by atoms with Gasteiger partial charge in [-0.25, -0.2) is 0 Å². The summed E-state index contributed by atoms with van der Waals surface area (Å²) in [6.45, 7) is 4.98. The molecule has 4 aliphatic rings. The molecule has 1 heteroatoms. The summed E-state index contributed by atoms with van der Waals surface area (Å²) in [5.74, 6) is 3.21. The normalized spacial score (nSPS) is 66.0. The molecule has 0 amide bonds. The highest BCUT2D eigenvalue weighted by Gasteiger charge is 2.65. The lowest BCUT2D eigenvalue weighted by molar-refractivity contribution is 0.110. The van der Waals surface area contributed by atoms with Crippen LogP contribution < -0.4 is 0 Å². The lowest BCUT2D eigenvalue weighted by atomic mass is 9.61. The Labute approximate surface area is 73.1 Å². The zero-order valence-corrected chi connectivity index (χ0v) is 8.16. The number of thioether (sulfide) groups is 1. The van der Waals surface area contributed by atoms with Crippen LogP contribution in [0.1, 0.15) is 33.1 Å². The number of rotatable bonds is 0. The molecule has 4 rings (SSSR count). The molecule has 11 heavy (non-hydrogen) atoms. The first-order chi connectivity index (χ1) is 5.22. The van der Waals surface area contributed by atoms with E-state index in [2.05, 4.69) is 25.6 Å². The van der Waals surface area contributed by atoms with Crippen molar-refractivity contribution in [2.75, 3.05) is 0 Å². The first-order valence-corrected chi connectivity index (χ1v) is 5.77. The Bertz CT molecular complexity index is 201. The van der Waals surface area contributed by atoms with Crippen LogP contribution in [0.2, 0.25) is 0 Å². The molecule has 0 N–H and O–H groups in total. The maximum Gasteiger partial charge on any atom is 0.0287 e. The van der Waals surface area contributed by atoms with Crippen LogP contribution in [0.3, 0.4) is 0 Å². The molecule has 0 radical (unpaired) electrons. The summed E-state index contributed by atoms with van der Waals surface area (Å²) < 4.78 is 0.751. The van der Waals surface area contributed by atoms with Gasteiger partial charge in [-0.1, -0.05) is 6.92 Å². The third kappa shape index (κ3) is 0.690. The van der Waals surface area contributed by atoms with Crippen molar-refractivity contribution in [3.63, 3.8) is 0 Å². The summed E-state index contributed by atoms with van der Waals surface area (Å²) in [4.78, 5) is 0. The summed E-state index contributed by atoms with van der Waals surface area (Å²) in [7, 11) is 0. The lowest BCUT2D eigenvalue weighted by Gasteiger charge is -2.43. The van der Waals surface area contributed by atoms with Crippen molar-refractivity contribution in [2.45, 2.75) is 43.1 Å². The van der Waals surface area contributed by atoms with E-state index in [1.807, 2.05) is 0 Å². The van der Waals surface area contributed by atoms with Crippen LogP contribution in [0.4, 0.5) is 0 Å². The fraction of sp³-hybridized carbons (Fsp3) is 1.00. The van der Waals surface area contributed by atoms with Gasteiger partial charge in [0.25, 0.3) is 0 Å². The van der Waals surface area contributed by atoms with Crippen molar-refractivity contribution in [3.05, 3.63) is 0 Å². The second kappa shape index (κ2) is 1.81. The van der Waals surface area contributed by atoms with E-state index in [4.69, 9.17) is 0 Å². The predicted octanol–water partition coefficient (Wildman–Crippen LogP) is 2.93. The predicted molar refractivity (Wildman–Crippen MR) is 49.8 cm³/mol. The Hall–Kier alpha value is 0.350. The van der Waals surface area contributed by atoms with Gasteiger partial charge in [0.1, 0.15) is 0 Å². The van der Waals surface area contributed by atoms with Crippen LogP contribution >= 0.6 is 11.8 Å². The number of hydrogen-bond acceptors (Lipinski definition) is 1. The van der Waals surface area contributed by atoms with Crippen LogP contribution in [0.25, 0.3) is 0 Å². The Morgan fingerprint density at radius 2 is 2.18 bits per heavy atom. The van der Waals surface area contributed by atoms with E-state index in [-0.39, 0.29) is 0 Å². The van der Waals surface area contributed by atoms with Crippen LogP contribution in [-0.2, 0) is 0 Å². The van der Waals surface area contributed by atoms with Crippen molar-refractivity contribution in [2.24, 2.45) is 17.8 Å². The van der Waals surface area contributed by atoms with Crippen LogP contribution in [-0.4, -0.2) is 10.00 Å². The molecule has 1 heterocycles. The lowest BCUT2D eigenvalue weighted by Crippen LogP contribution is -2.42. The van der Waals surface area contributed by atoms with Gasteiger partial charge in [-0.05, 0) is 43.9 Å². The highest BCUT2D eigenvalue weighted by atomic mass is 32.2. The molecule has 1 saturated heterocycles. The van der Waals surface area contributed by atoms with E-state index >= 15 is 0 Å². The van der Waals surface area contributed by atoms with Gasteiger partial charge in [-0.3, -0.25) is 0 Å². The van der Waals surface area contributed by atoms with E-state index in [1.165, 1.54) is 12.8 Å². The fourth-order valence-corrected chi connectivity index (χ4v) is 5.48. The largest absolute Gasteiger partial charge is 0.149 e. The molecule has 0 aromatic carbocycles.